The van der Waals surface area contributed by atoms with Crippen LogP contribution in [-0.4, -0.2) is 9.13 Å². The maximum atomic E-state index is 11.1. The van der Waals surface area contributed by atoms with Crippen LogP contribution in [-0.2, 0) is 0 Å². The van der Waals surface area contributed by atoms with Gasteiger partial charge in [0.2, 0.25) is 0 Å². The lowest BCUT2D eigenvalue weighted by molar-refractivity contribution is 0.669. The van der Waals surface area contributed by atoms with Crippen LogP contribution in [0.25, 0.3) is 92.9 Å². The molecule has 0 atom stereocenters. The molecule has 0 N–H and O–H groups in total. The van der Waals surface area contributed by atoms with E-state index in [0.717, 1.165) is 76.8 Å². The Morgan fingerprint density at radius 3 is 1.76 bits per heavy atom. The van der Waals surface area contributed by atoms with Crippen molar-refractivity contribution in [3.63, 3.8) is 0 Å². The summed E-state index contributed by atoms with van der Waals surface area (Å²) in [5, 5.41) is 17.6. The predicted molar refractivity (Wildman–Crippen MR) is 199 cm³/mol. The molecule has 0 saturated heterocycles. The smallest absolute Gasteiger partial charge is 0.196 e. The molecular weight excluding hydrogens is 601 g/mol. The van der Waals surface area contributed by atoms with Crippen molar-refractivity contribution < 1.29 is 4.42 Å². The number of hydrogen-bond donors (Lipinski definition) is 0. The molecule has 0 saturated carbocycles. The first-order valence-corrected chi connectivity index (χ1v) is 16.1. The number of fused-ring (bicyclic) bond motifs is 9. The van der Waals surface area contributed by atoms with Crippen LogP contribution >= 0.6 is 0 Å². The lowest BCUT2D eigenvalue weighted by Crippen LogP contribution is -2.02. The summed E-state index contributed by atoms with van der Waals surface area (Å²) in [6.07, 6.45) is 0. The summed E-state index contributed by atoms with van der Waals surface area (Å²) < 4.78 is 10.7. The summed E-state index contributed by atoms with van der Waals surface area (Å²) in [5.74, 6) is 0. The van der Waals surface area contributed by atoms with Crippen molar-refractivity contribution in [3.05, 3.63) is 163 Å². The number of benzene rings is 7. The molecule has 49 heavy (non-hydrogen) atoms. The second-order valence-corrected chi connectivity index (χ2v) is 12.3. The SMILES string of the molecule is [C-]#[N+]c1ccc(-n2c3ccccc3c3cc4c(cc32)oc2ccccc24)c(C#N)c1-c1ccccc1-n1c2ccccc2c2ccccc21. The van der Waals surface area contributed by atoms with E-state index in [2.05, 4.69) is 92.8 Å². The highest BCUT2D eigenvalue weighted by Gasteiger charge is 2.24. The molecule has 0 aliphatic rings. The Bertz CT molecular complexity index is 3030. The minimum absolute atomic E-state index is 0.425. The van der Waals surface area contributed by atoms with Gasteiger partial charge >= 0.3 is 0 Å². The third-order valence-corrected chi connectivity index (χ3v) is 9.80. The third-order valence-electron chi connectivity index (χ3n) is 9.80. The van der Waals surface area contributed by atoms with Crippen LogP contribution < -0.4 is 0 Å². The standard InChI is InChI=1S/C44H24N4O/c1-46-35-22-23-40(48-38-19-9-4-14-29(38)32-24-33-30-15-6-11-21-42(30)49-43(33)25-41(32)48)34(26-45)44(35)31-16-5-10-20-39(31)47-36-17-7-2-12-27(36)28-13-3-8-18-37(28)47/h2-25H. The number of furan rings is 1. The zero-order chi connectivity index (χ0) is 32.6. The maximum Gasteiger partial charge on any atom is 0.196 e. The maximum absolute atomic E-state index is 11.1. The minimum Gasteiger partial charge on any atom is -0.456 e. The van der Waals surface area contributed by atoms with Gasteiger partial charge in [0, 0.05) is 43.9 Å². The van der Waals surface area contributed by atoms with Crippen LogP contribution in [0.4, 0.5) is 5.69 Å². The summed E-state index contributed by atoms with van der Waals surface area (Å²) in [6, 6.07) is 51.8. The fourth-order valence-corrected chi connectivity index (χ4v) is 7.76. The van der Waals surface area contributed by atoms with E-state index in [0.29, 0.717) is 22.5 Å². The molecule has 3 aromatic heterocycles. The van der Waals surface area contributed by atoms with Gasteiger partial charge in [-0.3, -0.25) is 0 Å². The number of aromatic nitrogens is 2. The number of rotatable bonds is 3. The minimum atomic E-state index is 0.425. The highest BCUT2D eigenvalue weighted by Crippen LogP contribution is 2.45. The molecule has 0 unspecified atom stereocenters. The van der Waals surface area contributed by atoms with Crippen LogP contribution in [0.15, 0.2) is 150 Å². The summed E-state index contributed by atoms with van der Waals surface area (Å²) in [7, 11) is 0. The van der Waals surface area contributed by atoms with Crippen molar-refractivity contribution in [3.8, 4) is 28.6 Å². The molecule has 0 radical (unpaired) electrons. The molecule has 10 aromatic rings. The van der Waals surface area contributed by atoms with Crippen LogP contribution in [0.3, 0.4) is 0 Å². The second kappa shape index (κ2) is 10.2. The average molecular weight is 625 g/mol. The van der Waals surface area contributed by atoms with Crippen molar-refractivity contribution in [2.24, 2.45) is 0 Å². The van der Waals surface area contributed by atoms with Crippen LogP contribution in [0.5, 0.6) is 0 Å². The van der Waals surface area contributed by atoms with E-state index < -0.39 is 0 Å². The molecular formula is C44H24N4O. The molecule has 5 nitrogen and oxygen atoms in total. The fraction of sp³-hybridized carbons (Fsp3) is 0. The number of hydrogen-bond acceptors (Lipinski definition) is 2. The van der Waals surface area contributed by atoms with Gasteiger partial charge in [0.1, 0.15) is 17.2 Å². The van der Waals surface area contributed by atoms with E-state index in [-0.39, 0.29) is 0 Å². The molecule has 0 bridgehead atoms. The van der Waals surface area contributed by atoms with Crippen LogP contribution in [0, 0.1) is 17.9 Å². The van der Waals surface area contributed by atoms with Gasteiger partial charge in [-0.2, -0.15) is 5.26 Å². The molecule has 5 heteroatoms. The van der Waals surface area contributed by atoms with Crippen molar-refractivity contribution in [2.75, 3.05) is 0 Å². The molecule has 7 aromatic carbocycles. The number of nitrogens with zero attached hydrogens (tertiary/aromatic N) is 4. The molecule has 10 rings (SSSR count). The van der Waals surface area contributed by atoms with E-state index in [1.807, 2.05) is 72.8 Å². The van der Waals surface area contributed by atoms with E-state index in [1.54, 1.807) is 0 Å². The first-order valence-electron chi connectivity index (χ1n) is 16.1. The van der Waals surface area contributed by atoms with Crippen LogP contribution in [0.2, 0.25) is 0 Å². The lowest BCUT2D eigenvalue weighted by atomic mass is 9.95. The summed E-state index contributed by atoms with van der Waals surface area (Å²) >= 11 is 0. The van der Waals surface area contributed by atoms with Gasteiger partial charge in [0.25, 0.3) is 0 Å². The number of nitriles is 1. The first-order chi connectivity index (χ1) is 24.2. The van der Waals surface area contributed by atoms with E-state index in [9.17, 15) is 5.26 Å². The Hall–Kier alpha value is -7.08. The highest BCUT2D eigenvalue weighted by atomic mass is 16.3. The Kier molecular flexibility index (Phi) is 5.64. The van der Waals surface area contributed by atoms with Gasteiger partial charge < -0.3 is 13.6 Å². The Morgan fingerprint density at radius 2 is 1.08 bits per heavy atom. The summed E-state index contributed by atoms with van der Waals surface area (Å²) in [6.45, 7) is 8.25. The predicted octanol–water partition coefficient (Wildman–Crippen LogP) is 11.9. The molecule has 0 aliphatic carbocycles. The zero-order valence-corrected chi connectivity index (χ0v) is 26.1. The largest absolute Gasteiger partial charge is 0.456 e. The van der Waals surface area contributed by atoms with Crippen molar-refractivity contribution in [1.29, 1.82) is 5.26 Å². The summed E-state index contributed by atoms with van der Waals surface area (Å²) in [5.41, 5.74) is 9.57. The van der Waals surface area contributed by atoms with Gasteiger partial charge in [0.15, 0.2) is 5.69 Å². The monoisotopic (exact) mass is 624 g/mol. The average Bonchev–Trinajstić information content (AvgIpc) is 3.80. The topological polar surface area (TPSA) is 51.1 Å². The molecule has 226 valence electrons. The Labute approximate surface area is 280 Å². The van der Waals surface area contributed by atoms with Gasteiger partial charge in [-0.05, 0) is 48.0 Å². The van der Waals surface area contributed by atoms with Crippen LogP contribution in [0.1, 0.15) is 5.56 Å². The normalized spacial score (nSPS) is 11.6. The first kappa shape index (κ1) is 27.1. The zero-order valence-electron chi connectivity index (χ0n) is 26.1. The fourth-order valence-electron chi connectivity index (χ4n) is 7.76. The van der Waals surface area contributed by atoms with Gasteiger partial charge in [0.05, 0.1) is 45.6 Å². The van der Waals surface area contributed by atoms with Gasteiger partial charge in [-0.1, -0.05) is 97.1 Å². The van der Waals surface area contributed by atoms with E-state index in [1.165, 1.54) is 0 Å². The molecule has 0 amide bonds. The van der Waals surface area contributed by atoms with E-state index >= 15 is 0 Å². The van der Waals surface area contributed by atoms with E-state index in [4.69, 9.17) is 11.0 Å². The van der Waals surface area contributed by atoms with Crippen molar-refractivity contribution in [2.45, 2.75) is 0 Å². The van der Waals surface area contributed by atoms with Gasteiger partial charge in [-0.25, -0.2) is 4.85 Å². The molecule has 0 spiro atoms. The number of para-hydroxylation sites is 5. The van der Waals surface area contributed by atoms with Gasteiger partial charge in [-0.15, -0.1) is 0 Å². The summed E-state index contributed by atoms with van der Waals surface area (Å²) in [4.78, 5) is 3.98. The Balaban J connectivity index is 1.31. The quantitative estimate of drug-likeness (QED) is 0.184. The van der Waals surface area contributed by atoms with Crippen molar-refractivity contribution >= 4 is 71.2 Å². The second-order valence-electron chi connectivity index (χ2n) is 12.3. The molecule has 0 aliphatic heterocycles. The Morgan fingerprint density at radius 1 is 0.510 bits per heavy atom. The lowest BCUT2D eigenvalue weighted by Gasteiger charge is -2.19. The highest BCUT2D eigenvalue weighted by molar-refractivity contribution is 6.17. The molecule has 3 heterocycles. The molecule has 0 fully saturated rings. The third kappa shape index (κ3) is 3.73. The van der Waals surface area contributed by atoms with Crippen molar-refractivity contribution in [1.82, 2.24) is 9.13 Å².